The van der Waals surface area contributed by atoms with Crippen molar-refractivity contribution >= 4 is 27.5 Å². The molecule has 0 fully saturated rings. The standard InChI is InChI=1S/C14H15BrN2O3/c1-8-9(4-5-16-8)14(18)17-11-6-10(15)12(19-2)7-13(11)20-3/h4-7,16H,1-3H3,(H,17,18). The number of hydrogen-bond donors (Lipinski definition) is 2. The van der Waals surface area contributed by atoms with Gasteiger partial charge in [-0.1, -0.05) is 0 Å². The van der Waals surface area contributed by atoms with E-state index in [1.165, 1.54) is 0 Å². The van der Waals surface area contributed by atoms with Crippen LogP contribution in [0.1, 0.15) is 16.1 Å². The van der Waals surface area contributed by atoms with E-state index in [4.69, 9.17) is 9.47 Å². The van der Waals surface area contributed by atoms with Crippen LogP contribution in [0.5, 0.6) is 11.5 Å². The number of H-pyrrole nitrogens is 1. The normalized spacial score (nSPS) is 10.2. The number of halogens is 1. The van der Waals surface area contributed by atoms with Gasteiger partial charge in [0.25, 0.3) is 5.91 Å². The highest BCUT2D eigenvalue weighted by Gasteiger charge is 2.15. The van der Waals surface area contributed by atoms with Crippen LogP contribution in [0, 0.1) is 6.92 Å². The van der Waals surface area contributed by atoms with E-state index in [9.17, 15) is 4.79 Å². The first-order valence-electron chi connectivity index (χ1n) is 5.93. The summed E-state index contributed by atoms with van der Waals surface area (Å²) in [6, 6.07) is 5.19. The van der Waals surface area contributed by atoms with Gasteiger partial charge in [-0.2, -0.15) is 0 Å². The van der Waals surface area contributed by atoms with Gasteiger partial charge in [0.2, 0.25) is 0 Å². The quantitative estimate of drug-likeness (QED) is 0.898. The fraction of sp³-hybridized carbons (Fsp3) is 0.214. The van der Waals surface area contributed by atoms with E-state index in [1.54, 1.807) is 38.6 Å². The number of rotatable bonds is 4. The second-order valence-electron chi connectivity index (χ2n) is 4.16. The van der Waals surface area contributed by atoms with E-state index in [1.807, 2.05) is 6.92 Å². The number of aryl methyl sites for hydroxylation is 1. The first kappa shape index (κ1) is 14.5. The van der Waals surface area contributed by atoms with Crippen molar-refractivity contribution < 1.29 is 14.3 Å². The Morgan fingerprint density at radius 3 is 2.50 bits per heavy atom. The Kier molecular flexibility index (Phi) is 4.34. The number of methoxy groups -OCH3 is 2. The summed E-state index contributed by atoms with van der Waals surface area (Å²) in [5.41, 5.74) is 1.99. The van der Waals surface area contributed by atoms with Crippen molar-refractivity contribution in [3.8, 4) is 11.5 Å². The van der Waals surface area contributed by atoms with Crippen LogP contribution >= 0.6 is 15.9 Å². The van der Waals surface area contributed by atoms with Crippen molar-refractivity contribution in [2.24, 2.45) is 0 Å². The molecule has 5 nitrogen and oxygen atoms in total. The average molecular weight is 339 g/mol. The SMILES string of the molecule is COc1cc(OC)c(NC(=O)c2cc[nH]c2C)cc1Br. The molecule has 0 radical (unpaired) electrons. The van der Waals surface area contributed by atoms with Gasteiger partial charge in [0.15, 0.2) is 0 Å². The first-order chi connectivity index (χ1) is 9.56. The van der Waals surface area contributed by atoms with Crippen LogP contribution in [0.15, 0.2) is 28.9 Å². The van der Waals surface area contributed by atoms with Crippen molar-refractivity contribution in [3.63, 3.8) is 0 Å². The molecule has 0 saturated carbocycles. The molecule has 2 aromatic rings. The summed E-state index contributed by atoms with van der Waals surface area (Å²) < 4.78 is 11.2. The maximum absolute atomic E-state index is 12.2. The zero-order chi connectivity index (χ0) is 14.7. The highest BCUT2D eigenvalue weighted by molar-refractivity contribution is 9.10. The predicted molar refractivity (Wildman–Crippen MR) is 80.7 cm³/mol. The Bertz CT molecular complexity index is 637. The minimum atomic E-state index is -0.195. The van der Waals surface area contributed by atoms with Crippen molar-refractivity contribution in [2.75, 3.05) is 19.5 Å². The number of carbonyl (C=O) groups excluding carboxylic acids is 1. The molecule has 0 spiro atoms. The molecule has 1 aromatic carbocycles. The highest BCUT2D eigenvalue weighted by atomic mass is 79.9. The molecular formula is C14H15BrN2O3. The largest absolute Gasteiger partial charge is 0.495 e. The molecule has 1 aromatic heterocycles. The molecule has 0 unspecified atom stereocenters. The molecule has 1 heterocycles. The number of ether oxygens (including phenoxy) is 2. The van der Waals surface area contributed by atoms with Gasteiger partial charge < -0.3 is 19.8 Å². The molecule has 20 heavy (non-hydrogen) atoms. The minimum Gasteiger partial charge on any atom is -0.495 e. The van der Waals surface area contributed by atoms with E-state index >= 15 is 0 Å². The molecule has 0 aliphatic carbocycles. The lowest BCUT2D eigenvalue weighted by molar-refractivity contribution is 0.102. The molecular weight excluding hydrogens is 324 g/mol. The van der Waals surface area contributed by atoms with Gasteiger partial charge in [0.05, 0.1) is 29.9 Å². The third-order valence-electron chi connectivity index (χ3n) is 2.92. The third kappa shape index (κ3) is 2.80. The Morgan fingerprint density at radius 1 is 1.25 bits per heavy atom. The Balaban J connectivity index is 2.31. The van der Waals surface area contributed by atoms with Crippen LogP contribution in [0.4, 0.5) is 5.69 Å². The van der Waals surface area contributed by atoms with Crippen LogP contribution in [-0.4, -0.2) is 25.1 Å². The third-order valence-corrected chi connectivity index (χ3v) is 3.54. The highest BCUT2D eigenvalue weighted by Crippen LogP contribution is 2.36. The lowest BCUT2D eigenvalue weighted by Crippen LogP contribution is -2.13. The monoisotopic (exact) mass is 338 g/mol. The van der Waals surface area contributed by atoms with Gasteiger partial charge in [-0.15, -0.1) is 0 Å². The van der Waals surface area contributed by atoms with Crippen molar-refractivity contribution in [2.45, 2.75) is 6.92 Å². The van der Waals surface area contributed by atoms with E-state index in [0.29, 0.717) is 22.7 Å². The van der Waals surface area contributed by atoms with Gasteiger partial charge in [0, 0.05) is 18.0 Å². The molecule has 0 saturated heterocycles. The second kappa shape index (κ2) is 6.00. The smallest absolute Gasteiger partial charge is 0.257 e. The summed E-state index contributed by atoms with van der Waals surface area (Å²) in [5.74, 6) is 0.975. The molecule has 0 aliphatic rings. The molecule has 2 N–H and O–H groups in total. The van der Waals surface area contributed by atoms with Crippen molar-refractivity contribution in [1.82, 2.24) is 4.98 Å². The second-order valence-corrected chi connectivity index (χ2v) is 5.01. The number of aromatic amines is 1. The molecule has 2 rings (SSSR count). The van der Waals surface area contributed by atoms with E-state index in [-0.39, 0.29) is 5.91 Å². The Hall–Kier alpha value is -1.95. The van der Waals surface area contributed by atoms with Crippen molar-refractivity contribution in [1.29, 1.82) is 0 Å². The number of anilines is 1. The fourth-order valence-electron chi connectivity index (χ4n) is 1.85. The van der Waals surface area contributed by atoms with Gasteiger partial charge >= 0.3 is 0 Å². The van der Waals surface area contributed by atoms with Crippen LogP contribution < -0.4 is 14.8 Å². The summed E-state index contributed by atoms with van der Waals surface area (Å²) in [6.07, 6.45) is 1.73. The molecule has 0 aliphatic heterocycles. The maximum Gasteiger partial charge on any atom is 0.257 e. The summed E-state index contributed by atoms with van der Waals surface area (Å²) in [4.78, 5) is 15.2. The van der Waals surface area contributed by atoms with Crippen LogP contribution in [-0.2, 0) is 0 Å². The number of carbonyl (C=O) groups is 1. The van der Waals surface area contributed by atoms with Gasteiger partial charge in [0.1, 0.15) is 11.5 Å². The Labute approximate surface area is 125 Å². The van der Waals surface area contributed by atoms with Crippen molar-refractivity contribution in [3.05, 3.63) is 40.1 Å². The van der Waals surface area contributed by atoms with Crippen LogP contribution in [0.3, 0.4) is 0 Å². The fourth-order valence-corrected chi connectivity index (χ4v) is 2.35. The summed E-state index contributed by atoms with van der Waals surface area (Å²) in [6.45, 7) is 1.84. The van der Waals surface area contributed by atoms with Gasteiger partial charge in [-0.3, -0.25) is 4.79 Å². The van der Waals surface area contributed by atoms with Gasteiger partial charge in [-0.05, 0) is 35.0 Å². The Morgan fingerprint density at radius 2 is 1.95 bits per heavy atom. The maximum atomic E-state index is 12.2. The zero-order valence-electron chi connectivity index (χ0n) is 11.4. The number of hydrogen-bond acceptors (Lipinski definition) is 3. The molecule has 6 heteroatoms. The number of benzene rings is 1. The molecule has 0 bridgehead atoms. The lowest BCUT2D eigenvalue weighted by atomic mass is 10.2. The topological polar surface area (TPSA) is 63.4 Å². The molecule has 0 atom stereocenters. The van der Waals surface area contributed by atoms with E-state index < -0.39 is 0 Å². The van der Waals surface area contributed by atoms with E-state index in [0.717, 1.165) is 10.2 Å². The number of aromatic nitrogens is 1. The van der Waals surface area contributed by atoms with Gasteiger partial charge in [-0.25, -0.2) is 0 Å². The van der Waals surface area contributed by atoms with E-state index in [2.05, 4.69) is 26.2 Å². The number of amides is 1. The minimum absolute atomic E-state index is 0.195. The summed E-state index contributed by atoms with van der Waals surface area (Å²) in [7, 11) is 3.11. The lowest BCUT2D eigenvalue weighted by Gasteiger charge is -2.13. The predicted octanol–water partition coefficient (Wildman–Crippen LogP) is 3.36. The van der Waals surface area contributed by atoms with Crippen LogP contribution in [0.25, 0.3) is 0 Å². The average Bonchev–Trinajstić information content (AvgIpc) is 2.85. The molecule has 1 amide bonds. The molecule has 106 valence electrons. The first-order valence-corrected chi connectivity index (χ1v) is 6.73. The summed E-state index contributed by atoms with van der Waals surface area (Å²) >= 11 is 3.39. The summed E-state index contributed by atoms with van der Waals surface area (Å²) in [5, 5.41) is 2.83. The zero-order valence-corrected chi connectivity index (χ0v) is 13.0. The van der Waals surface area contributed by atoms with Crippen LogP contribution in [0.2, 0.25) is 0 Å². The number of nitrogens with one attached hydrogen (secondary N) is 2.